The number of imidazole rings is 1. The Balaban J connectivity index is 1.77. The molecule has 116 valence electrons. The smallest absolute Gasteiger partial charge is 0.251 e. The molecule has 2 rings (SSSR count). The van der Waals surface area contributed by atoms with Crippen molar-refractivity contribution in [2.24, 2.45) is 5.92 Å². The lowest BCUT2D eigenvalue weighted by Gasteiger charge is -2.06. The van der Waals surface area contributed by atoms with E-state index in [4.69, 9.17) is 0 Å². The number of carbonyl (C=O) groups excluding carboxylic acids is 1. The Hall–Kier alpha value is -2.36. The number of allylic oxidation sites excluding steroid dienone is 1. The molecule has 0 atom stereocenters. The average molecular weight is 297 g/mol. The number of hydrogen-bond acceptors (Lipinski definition) is 2. The van der Waals surface area contributed by atoms with E-state index in [1.807, 2.05) is 35.0 Å². The normalized spacial score (nSPS) is 11.2. The van der Waals surface area contributed by atoms with Gasteiger partial charge in [0.15, 0.2) is 0 Å². The van der Waals surface area contributed by atoms with Crippen LogP contribution in [0.25, 0.3) is 6.08 Å². The molecule has 0 aliphatic heterocycles. The van der Waals surface area contributed by atoms with E-state index < -0.39 is 0 Å². The Morgan fingerprint density at radius 2 is 2.09 bits per heavy atom. The fourth-order valence-corrected chi connectivity index (χ4v) is 2.03. The molecular formula is C18H23N3O. The van der Waals surface area contributed by atoms with Gasteiger partial charge in [-0.2, -0.15) is 0 Å². The Morgan fingerprint density at radius 1 is 1.32 bits per heavy atom. The monoisotopic (exact) mass is 297 g/mol. The molecule has 0 unspecified atom stereocenters. The van der Waals surface area contributed by atoms with Crippen molar-refractivity contribution in [3.05, 3.63) is 60.2 Å². The van der Waals surface area contributed by atoms with E-state index in [-0.39, 0.29) is 5.91 Å². The van der Waals surface area contributed by atoms with Crippen LogP contribution in [0.3, 0.4) is 0 Å². The van der Waals surface area contributed by atoms with Crippen LogP contribution < -0.4 is 5.32 Å². The van der Waals surface area contributed by atoms with Crippen LogP contribution in [-0.2, 0) is 6.54 Å². The van der Waals surface area contributed by atoms with Gasteiger partial charge >= 0.3 is 0 Å². The molecule has 0 radical (unpaired) electrons. The van der Waals surface area contributed by atoms with Gasteiger partial charge in [-0.1, -0.05) is 38.1 Å². The second-order valence-electron chi connectivity index (χ2n) is 5.64. The number of nitrogens with zero attached hydrogens (tertiary/aromatic N) is 2. The number of carbonyl (C=O) groups is 1. The SMILES string of the molecule is CC(C)C=Cc1ccc(C(=O)NCCCn2ccnc2)cc1. The highest BCUT2D eigenvalue weighted by Gasteiger charge is 2.04. The summed E-state index contributed by atoms with van der Waals surface area (Å²) >= 11 is 0. The molecule has 1 aromatic carbocycles. The number of hydrogen-bond donors (Lipinski definition) is 1. The van der Waals surface area contributed by atoms with Crippen molar-refractivity contribution in [1.29, 1.82) is 0 Å². The van der Waals surface area contributed by atoms with Crippen LogP contribution in [0.2, 0.25) is 0 Å². The van der Waals surface area contributed by atoms with Gasteiger partial charge in [0.25, 0.3) is 5.91 Å². The van der Waals surface area contributed by atoms with Crippen LogP contribution in [0.4, 0.5) is 0 Å². The van der Waals surface area contributed by atoms with E-state index >= 15 is 0 Å². The topological polar surface area (TPSA) is 46.9 Å². The molecule has 4 nitrogen and oxygen atoms in total. The van der Waals surface area contributed by atoms with Gasteiger partial charge in [-0.25, -0.2) is 4.98 Å². The summed E-state index contributed by atoms with van der Waals surface area (Å²) in [5, 5.41) is 2.94. The van der Waals surface area contributed by atoms with Gasteiger partial charge in [0.05, 0.1) is 6.33 Å². The minimum atomic E-state index is -0.0231. The molecule has 1 aromatic heterocycles. The number of aryl methyl sites for hydroxylation is 1. The van der Waals surface area contributed by atoms with Crippen LogP contribution >= 0.6 is 0 Å². The highest BCUT2D eigenvalue weighted by Crippen LogP contribution is 2.08. The van der Waals surface area contributed by atoms with Crippen LogP contribution in [0.15, 0.2) is 49.1 Å². The maximum Gasteiger partial charge on any atom is 0.251 e. The quantitative estimate of drug-likeness (QED) is 0.796. The molecule has 1 amide bonds. The zero-order valence-corrected chi connectivity index (χ0v) is 13.2. The molecule has 0 saturated carbocycles. The number of benzene rings is 1. The molecule has 0 aliphatic carbocycles. The second-order valence-corrected chi connectivity index (χ2v) is 5.64. The van der Waals surface area contributed by atoms with Crippen LogP contribution in [-0.4, -0.2) is 22.0 Å². The molecule has 0 spiro atoms. The molecule has 0 bridgehead atoms. The number of aromatic nitrogens is 2. The molecule has 22 heavy (non-hydrogen) atoms. The zero-order chi connectivity index (χ0) is 15.8. The van der Waals surface area contributed by atoms with Crippen molar-refractivity contribution < 1.29 is 4.79 Å². The first-order chi connectivity index (χ1) is 10.6. The fourth-order valence-electron chi connectivity index (χ4n) is 2.03. The largest absolute Gasteiger partial charge is 0.352 e. The summed E-state index contributed by atoms with van der Waals surface area (Å²) in [5.74, 6) is 0.503. The van der Waals surface area contributed by atoms with E-state index in [9.17, 15) is 4.79 Å². The summed E-state index contributed by atoms with van der Waals surface area (Å²) in [4.78, 5) is 16.0. The average Bonchev–Trinajstić information content (AvgIpc) is 3.03. The summed E-state index contributed by atoms with van der Waals surface area (Å²) in [6.07, 6.45) is 10.6. The van der Waals surface area contributed by atoms with E-state index in [1.165, 1.54) is 0 Å². The van der Waals surface area contributed by atoms with Gasteiger partial charge in [0, 0.05) is 31.0 Å². The minimum absolute atomic E-state index is 0.0231. The predicted molar refractivity (Wildman–Crippen MR) is 89.5 cm³/mol. The van der Waals surface area contributed by atoms with E-state index in [1.54, 1.807) is 12.5 Å². The van der Waals surface area contributed by atoms with Crippen molar-refractivity contribution in [2.45, 2.75) is 26.8 Å². The third-order valence-electron chi connectivity index (χ3n) is 3.28. The first-order valence-electron chi connectivity index (χ1n) is 7.67. The molecule has 0 aliphatic rings. The van der Waals surface area contributed by atoms with Gasteiger partial charge in [-0.3, -0.25) is 4.79 Å². The number of nitrogens with one attached hydrogen (secondary N) is 1. The lowest BCUT2D eigenvalue weighted by atomic mass is 10.1. The van der Waals surface area contributed by atoms with Gasteiger partial charge in [0.1, 0.15) is 0 Å². The van der Waals surface area contributed by atoms with E-state index in [0.717, 1.165) is 18.5 Å². The molecule has 4 heteroatoms. The highest BCUT2D eigenvalue weighted by molar-refractivity contribution is 5.94. The Kier molecular flexibility index (Phi) is 5.95. The summed E-state index contributed by atoms with van der Waals surface area (Å²) in [6.45, 7) is 5.80. The minimum Gasteiger partial charge on any atom is -0.352 e. The van der Waals surface area contributed by atoms with Crippen LogP contribution in [0.1, 0.15) is 36.2 Å². The van der Waals surface area contributed by atoms with Gasteiger partial charge in [0.2, 0.25) is 0 Å². The summed E-state index contributed by atoms with van der Waals surface area (Å²) in [7, 11) is 0. The van der Waals surface area contributed by atoms with Crippen LogP contribution in [0.5, 0.6) is 0 Å². The second kappa shape index (κ2) is 8.17. The van der Waals surface area contributed by atoms with Crippen LogP contribution in [0, 0.1) is 5.92 Å². The van der Waals surface area contributed by atoms with Gasteiger partial charge in [-0.05, 0) is 30.0 Å². The van der Waals surface area contributed by atoms with E-state index in [0.29, 0.717) is 18.0 Å². The maximum atomic E-state index is 12.0. The molecule has 0 fully saturated rings. The molecule has 1 N–H and O–H groups in total. The standard InChI is InChI=1S/C18H23N3O/c1-15(2)4-5-16-6-8-17(9-7-16)18(22)20-10-3-12-21-13-11-19-14-21/h4-9,11,13-15H,3,10,12H2,1-2H3,(H,20,22). The van der Waals surface area contributed by atoms with Crippen molar-refractivity contribution >= 4 is 12.0 Å². The van der Waals surface area contributed by atoms with E-state index in [2.05, 4.69) is 36.3 Å². The summed E-state index contributed by atoms with van der Waals surface area (Å²) < 4.78 is 2.00. The number of rotatable bonds is 7. The van der Waals surface area contributed by atoms with Crippen molar-refractivity contribution in [1.82, 2.24) is 14.9 Å². The lowest BCUT2D eigenvalue weighted by Crippen LogP contribution is -2.25. The fraction of sp³-hybridized carbons (Fsp3) is 0.333. The van der Waals surface area contributed by atoms with Crippen molar-refractivity contribution in [2.75, 3.05) is 6.54 Å². The predicted octanol–water partition coefficient (Wildman–Crippen LogP) is 3.37. The molecular weight excluding hydrogens is 274 g/mol. The molecule has 1 heterocycles. The Bertz CT molecular complexity index is 598. The molecule has 2 aromatic rings. The third kappa shape index (κ3) is 5.20. The Labute approximate surface area is 131 Å². The van der Waals surface area contributed by atoms with Gasteiger partial charge < -0.3 is 9.88 Å². The first-order valence-corrected chi connectivity index (χ1v) is 7.67. The maximum absolute atomic E-state index is 12.0. The lowest BCUT2D eigenvalue weighted by molar-refractivity contribution is 0.0952. The first kappa shape index (κ1) is 16.0. The zero-order valence-electron chi connectivity index (χ0n) is 13.2. The third-order valence-corrected chi connectivity index (χ3v) is 3.28. The van der Waals surface area contributed by atoms with Gasteiger partial charge in [-0.15, -0.1) is 0 Å². The Morgan fingerprint density at radius 3 is 2.73 bits per heavy atom. The number of amides is 1. The van der Waals surface area contributed by atoms with Crippen molar-refractivity contribution in [3.8, 4) is 0 Å². The highest BCUT2D eigenvalue weighted by atomic mass is 16.1. The summed E-state index contributed by atoms with van der Waals surface area (Å²) in [6, 6.07) is 7.68. The van der Waals surface area contributed by atoms with Crippen molar-refractivity contribution in [3.63, 3.8) is 0 Å². The molecule has 0 saturated heterocycles. The summed E-state index contributed by atoms with van der Waals surface area (Å²) in [5.41, 5.74) is 1.81.